The van der Waals surface area contributed by atoms with Crippen LogP contribution in [-0.4, -0.2) is 39.9 Å². The van der Waals surface area contributed by atoms with Crippen LogP contribution in [-0.2, 0) is 16.0 Å². The molecule has 1 heterocycles. The van der Waals surface area contributed by atoms with Crippen molar-refractivity contribution in [1.82, 2.24) is 15.2 Å². The molecule has 23 heavy (non-hydrogen) atoms. The van der Waals surface area contributed by atoms with Crippen molar-refractivity contribution in [2.75, 3.05) is 18.2 Å². The van der Waals surface area contributed by atoms with Crippen molar-refractivity contribution < 1.29 is 14.3 Å². The molecule has 8 heteroatoms. The van der Waals surface area contributed by atoms with Crippen LogP contribution >= 0.6 is 11.8 Å². The molecular weight excluding hydrogens is 316 g/mol. The van der Waals surface area contributed by atoms with E-state index < -0.39 is 5.97 Å². The number of H-pyrrole nitrogens is 1. The summed E-state index contributed by atoms with van der Waals surface area (Å²) in [5.74, 6) is 0.463. The largest absolute Gasteiger partial charge is 0.465 e. The smallest absolute Gasteiger partial charge is 0.337 e. The topological polar surface area (TPSA) is 97.0 Å². The molecule has 2 aromatic rings. The number of anilines is 1. The summed E-state index contributed by atoms with van der Waals surface area (Å²) in [6.07, 6.45) is 1.83. The minimum Gasteiger partial charge on any atom is -0.465 e. The number of carbonyl (C=O) groups excluding carboxylic acids is 2. The van der Waals surface area contributed by atoms with Crippen LogP contribution in [0.3, 0.4) is 0 Å². The maximum atomic E-state index is 11.9. The lowest BCUT2D eigenvalue weighted by molar-refractivity contribution is -0.113. The highest BCUT2D eigenvalue weighted by molar-refractivity contribution is 7.99. The van der Waals surface area contributed by atoms with Gasteiger partial charge in [0.15, 0.2) is 0 Å². The van der Waals surface area contributed by atoms with E-state index in [1.807, 2.05) is 0 Å². The Kier molecular flexibility index (Phi) is 6.16. The number of esters is 1. The average Bonchev–Trinajstić information content (AvgIpc) is 3.01. The van der Waals surface area contributed by atoms with Gasteiger partial charge in [-0.1, -0.05) is 18.7 Å². The summed E-state index contributed by atoms with van der Waals surface area (Å²) in [7, 11) is 1.32. The predicted molar refractivity (Wildman–Crippen MR) is 87.5 cm³/mol. The fourth-order valence-electron chi connectivity index (χ4n) is 1.83. The molecule has 1 amide bonds. The number of benzene rings is 1. The zero-order valence-corrected chi connectivity index (χ0v) is 13.8. The lowest BCUT2D eigenvalue weighted by Crippen LogP contribution is -2.14. The zero-order valence-electron chi connectivity index (χ0n) is 13.0. The first kappa shape index (κ1) is 17.0. The van der Waals surface area contributed by atoms with Crippen LogP contribution in [0.1, 0.15) is 29.5 Å². The summed E-state index contributed by atoms with van der Waals surface area (Å²) >= 11 is 1.27. The molecule has 1 aromatic carbocycles. The summed E-state index contributed by atoms with van der Waals surface area (Å²) in [5.41, 5.74) is 1.05. The van der Waals surface area contributed by atoms with Gasteiger partial charge in [0.1, 0.15) is 5.82 Å². The first-order chi connectivity index (χ1) is 11.1. The maximum Gasteiger partial charge on any atom is 0.337 e. The summed E-state index contributed by atoms with van der Waals surface area (Å²) in [6, 6.07) is 6.50. The summed E-state index contributed by atoms with van der Waals surface area (Å²) < 4.78 is 4.62. The number of rotatable bonds is 7. The van der Waals surface area contributed by atoms with Gasteiger partial charge in [-0.05, 0) is 30.7 Å². The Labute approximate surface area is 138 Å². The van der Waals surface area contributed by atoms with E-state index in [1.165, 1.54) is 18.9 Å². The molecular formula is C15H18N4O3S. The van der Waals surface area contributed by atoms with Gasteiger partial charge in [0.2, 0.25) is 11.1 Å². The second kappa shape index (κ2) is 8.33. The maximum absolute atomic E-state index is 11.9. The molecule has 2 rings (SSSR count). The van der Waals surface area contributed by atoms with Crippen LogP contribution in [0.2, 0.25) is 0 Å². The van der Waals surface area contributed by atoms with E-state index in [0.717, 1.165) is 18.7 Å². The van der Waals surface area contributed by atoms with Gasteiger partial charge < -0.3 is 10.1 Å². The number of aromatic nitrogens is 3. The third kappa shape index (κ3) is 5.10. The van der Waals surface area contributed by atoms with E-state index in [0.29, 0.717) is 16.4 Å². The molecule has 7 nitrogen and oxygen atoms in total. The van der Waals surface area contributed by atoms with Crippen molar-refractivity contribution in [3.8, 4) is 0 Å². The van der Waals surface area contributed by atoms with Gasteiger partial charge in [0.05, 0.1) is 18.4 Å². The molecule has 0 fully saturated rings. The number of ether oxygens (including phenoxy) is 1. The number of hydrogen-bond donors (Lipinski definition) is 2. The van der Waals surface area contributed by atoms with E-state index in [-0.39, 0.29) is 11.7 Å². The highest BCUT2D eigenvalue weighted by Crippen LogP contribution is 2.15. The van der Waals surface area contributed by atoms with E-state index in [9.17, 15) is 9.59 Å². The molecule has 0 bridgehead atoms. The minimum atomic E-state index is -0.411. The minimum absolute atomic E-state index is 0.164. The summed E-state index contributed by atoms with van der Waals surface area (Å²) in [4.78, 5) is 27.5. The van der Waals surface area contributed by atoms with Crippen LogP contribution < -0.4 is 5.32 Å². The number of methoxy groups -OCH3 is 1. The summed E-state index contributed by atoms with van der Waals surface area (Å²) in [6.45, 7) is 2.06. The number of aromatic amines is 1. The third-order valence-corrected chi connectivity index (χ3v) is 3.77. The standard InChI is InChI=1S/C15H18N4O3S/c1-3-4-12-17-15(19-18-12)23-9-13(20)16-11-7-5-10(6-8-11)14(21)22-2/h5-8H,3-4,9H2,1-2H3,(H,16,20)(H,17,18,19). The zero-order chi connectivity index (χ0) is 16.7. The Hall–Kier alpha value is -2.35. The summed E-state index contributed by atoms with van der Waals surface area (Å²) in [5, 5.41) is 10.2. The molecule has 122 valence electrons. The van der Waals surface area contributed by atoms with Gasteiger partial charge >= 0.3 is 5.97 Å². The number of nitrogens with zero attached hydrogens (tertiary/aromatic N) is 2. The monoisotopic (exact) mass is 334 g/mol. The van der Waals surface area contributed by atoms with Crippen LogP contribution in [0, 0.1) is 0 Å². The Morgan fingerprint density at radius 1 is 1.30 bits per heavy atom. The Morgan fingerprint density at radius 2 is 2.04 bits per heavy atom. The van der Waals surface area contributed by atoms with Crippen LogP contribution in [0.15, 0.2) is 29.4 Å². The number of aryl methyl sites for hydroxylation is 1. The molecule has 0 radical (unpaired) electrons. The van der Waals surface area contributed by atoms with E-state index in [2.05, 4.69) is 32.2 Å². The first-order valence-corrected chi connectivity index (χ1v) is 8.13. The fourth-order valence-corrected chi connectivity index (χ4v) is 2.44. The Balaban J connectivity index is 1.83. The number of thioether (sulfide) groups is 1. The normalized spacial score (nSPS) is 10.3. The van der Waals surface area contributed by atoms with Crippen molar-refractivity contribution in [1.29, 1.82) is 0 Å². The molecule has 0 atom stereocenters. The molecule has 0 spiro atoms. The van der Waals surface area contributed by atoms with Gasteiger partial charge in [0.25, 0.3) is 0 Å². The highest BCUT2D eigenvalue weighted by Gasteiger charge is 2.09. The van der Waals surface area contributed by atoms with Gasteiger partial charge in [-0.15, -0.1) is 5.10 Å². The number of amides is 1. The number of nitrogens with one attached hydrogen (secondary N) is 2. The first-order valence-electron chi connectivity index (χ1n) is 7.14. The van der Waals surface area contributed by atoms with Crippen molar-refractivity contribution in [2.24, 2.45) is 0 Å². The Bertz CT molecular complexity index is 670. The van der Waals surface area contributed by atoms with Gasteiger partial charge in [0, 0.05) is 12.1 Å². The van der Waals surface area contributed by atoms with E-state index in [1.54, 1.807) is 24.3 Å². The van der Waals surface area contributed by atoms with E-state index >= 15 is 0 Å². The van der Waals surface area contributed by atoms with E-state index in [4.69, 9.17) is 0 Å². The molecule has 0 aliphatic carbocycles. The second-order valence-corrected chi connectivity index (χ2v) is 5.66. The second-order valence-electron chi connectivity index (χ2n) is 4.72. The highest BCUT2D eigenvalue weighted by atomic mass is 32.2. The molecule has 1 aromatic heterocycles. The number of hydrogen-bond acceptors (Lipinski definition) is 6. The lowest BCUT2D eigenvalue weighted by Gasteiger charge is -2.05. The Morgan fingerprint density at radius 3 is 2.70 bits per heavy atom. The van der Waals surface area contributed by atoms with Gasteiger partial charge in [-0.25, -0.2) is 9.78 Å². The van der Waals surface area contributed by atoms with Crippen LogP contribution in [0.25, 0.3) is 0 Å². The van der Waals surface area contributed by atoms with Crippen molar-refractivity contribution in [3.05, 3.63) is 35.7 Å². The molecule has 0 saturated heterocycles. The molecule has 0 saturated carbocycles. The molecule has 0 aliphatic heterocycles. The SMILES string of the molecule is CCCc1nc(SCC(=O)Nc2ccc(C(=O)OC)cc2)n[nH]1. The quantitative estimate of drug-likeness (QED) is 0.595. The van der Waals surface area contributed by atoms with Crippen molar-refractivity contribution >= 4 is 29.3 Å². The predicted octanol–water partition coefficient (Wildman–Crippen LogP) is 2.27. The van der Waals surface area contributed by atoms with Crippen LogP contribution in [0.4, 0.5) is 5.69 Å². The lowest BCUT2D eigenvalue weighted by atomic mass is 10.2. The fraction of sp³-hybridized carbons (Fsp3) is 0.333. The molecule has 0 unspecified atom stereocenters. The molecule has 0 aliphatic rings. The number of carbonyl (C=O) groups is 2. The van der Waals surface area contributed by atoms with Gasteiger partial charge in [-0.3, -0.25) is 9.89 Å². The molecule has 2 N–H and O–H groups in total. The average molecular weight is 334 g/mol. The van der Waals surface area contributed by atoms with Crippen molar-refractivity contribution in [3.63, 3.8) is 0 Å². The van der Waals surface area contributed by atoms with Crippen molar-refractivity contribution in [2.45, 2.75) is 24.9 Å². The third-order valence-electron chi connectivity index (χ3n) is 2.92. The van der Waals surface area contributed by atoms with Crippen LogP contribution in [0.5, 0.6) is 0 Å². The van der Waals surface area contributed by atoms with Gasteiger partial charge in [-0.2, -0.15) is 0 Å².